The minimum absolute atomic E-state index is 0. The third kappa shape index (κ3) is 2.85. The molecule has 1 fully saturated rings. The largest absolute Gasteiger partial charge is 0.369 e. The topological polar surface area (TPSA) is 55.1 Å². The molecule has 0 atom stereocenters. The summed E-state index contributed by atoms with van der Waals surface area (Å²) in [4.78, 5) is 11.1. The zero-order valence-electron chi connectivity index (χ0n) is 8.30. The molecule has 3 nitrogen and oxygen atoms in total. The van der Waals surface area contributed by atoms with Crippen molar-refractivity contribution in [1.29, 1.82) is 0 Å². The number of piperidine rings is 1. The summed E-state index contributed by atoms with van der Waals surface area (Å²) in [6.45, 7) is 5.93. The van der Waals surface area contributed by atoms with E-state index >= 15 is 0 Å². The molecule has 1 aliphatic heterocycles. The van der Waals surface area contributed by atoms with Crippen molar-refractivity contribution in [3.05, 3.63) is 0 Å². The Bertz CT molecular complexity index is 176. The number of amides is 1. The number of hydrogen-bond donors (Lipinski definition) is 2. The summed E-state index contributed by atoms with van der Waals surface area (Å²) in [6.07, 6.45) is 2.13. The van der Waals surface area contributed by atoms with Gasteiger partial charge in [-0.15, -0.1) is 12.4 Å². The maximum absolute atomic E-state index is 11.1. The molecule has 1 saturated heterocycles. The fraction of sp³-hybridized carbons (Fsp3) is 0.889. The number of carbonyl (C=O) groups excluding carboxylic acids is 1. The van der Waals surface area contributed by atoms with E-state index in [1.165, 1.54) is 0 Å². The van der Waals surface area contributed by atoms with Crippen LogP contribution in [0.3, 0.4) is 0 Å². The van der Waals surface area contributed by atoms with Crippen molar-refractivity contribution in [3.8, 4) is 0 Å². The molecule has 0 aromatic carbocycles. The van der Waals surface area contributed by atoms with Gasteiger partial charge in [0.15, 0.2) is 0 Å². The first-order valence-corrected chi connectivity index (χ1v) is 4.56. The third-order valence-electron chi connectivity index (χ3n) is 2.99. The first-order chi connectivity index (χ1) is 5.55. The van der Waals surface area contributed by atoms with Crippen molar-refractivity contribution in [1.82, 2.24) is 5.32 Å². The van der Waals surface area contributed by atoms with Crippen LogP contribution in [0.15, 0.2) is 0 Å². The molecule has 78 valence electrons. The molecular weight excluding hydrogens is 188 g/mol. The molecule has 0 saturated carbocycles. The van der Waals surface area contributed by atoms with Gasteiger partial charge < -0.3 is 11.1 Å². The van der Waals surface area contributed by atoms with Crippen LogP contribution in [0.4, 0.5) is 0 Å². The van der Waals surface area contributed by atoms with Crippen LogP contribution < -0.4 is 11.1 Å². The van der Waals surface area contributed by atoms with Gasteiger partial charge in [-0.3, -0.25) is 4.79 Å². The summed E-state index contributed by atoms with van der Waals surface area (Å²) in [6, 6.07) is 0. The lowest BCUT2D eigenvalue weighted by Crippen LogP contribution is -2.43. The molecule has 1 aliphatic rings. The molecule has 0 spiro atoms. The highest BCUT2D eigenvalue weighted by Gasteiger charge is 2.35. The number of nitrogens with two attached hydrogens (primary N) is 1. The van der Waals surface area contributed by atoms with Gasteiger partial charge in [0.05, 0.1) is 0 Å². The Morgan fingerprint density at radius 3 is 2.23 bits per heavy atom. The molecular formula is C9H19ClN2O. The predicted molar refractivity (Wildman–Crippen MR) is 55.8 cm³/mol. The van der Waals surface area contributed by atoms with Gasteiger partial charge in [-0.2, -0.15) is 0 Å². The van der Waals surface area contributed by atoms with Crippen molar-refractivity contribution in [2.75, 3.05) is 13.1 Å². The second-order valence-electron chi connectivity index (χ2n) is 4.11. The molecule has 0 unspecified atom stereocenters. The molecule has 1 amide bonds. The maximum Gasteiger partial charge on any atom is 0.223 e. The standard InChI is InChI=1S/C9H18N2O.ClH/c1-9(2,8(10)12)7-3-5-11-6-4-7;/h7,11H,3-6H2,1-2H3,(H2,10,12);1H. The zero-order valence-corrected chi connectivity index (χ0v) is 9.12. The fourth-order valence-corrected chi connectivity index (χ4v) is 1.74. The number of rotatable bonds is 2. The Kier molecular flexibility index (Phi) is 4.71. The predicted octanol–water partition coefficient (Wildman–Crippen LogP) is 0.919. The smallest absolute Gasteiger partial charge is 0.223 e. The summed E-state index contributed by atoms with van der Waals surface area (Å²) in [5.41, 5.74) is 5.01. The first-order valence-electron chi connectivity index (χ1n) is 4.56. The summed E-state index contributed by atoms with van der Waals surface area (Å²) in [5, 5.41) is 3.27. The highest BCUT2D eigenvalue weighted by Crippen LogP contribution is 2.32. The van der Waals surface area contributed by atoms with Crippen LogP contribution in [0, 0.1) is 11.3 Å². The molecule has 3 N–H and O–H groups in total. The molecule has 1 heterocycles. The second-order valence-corrected chi connectivity index (χ2v) is 4.11. The van der Waals surface area contributed by atoms with Crippen LogP contribution in [0.25, 0.3) is 0 Å². The van der Waals surface area contributed by atoms with Crippen molar-refractivity contribution < 1.29 is 4.79 Å². The quantitative estimate of drug-likeness (QED) is 0.706. The van der Waals surface area contributed by atoms with Gasteiger partial charge in [0.1, 0.15) is 0 Å². The number of primary amides is 1. The SMILES string of the molecule is CC(C)(C(N)=O)C1CCNCC1.Cl. The minimum Gasteiger partial charge on any atom is -0.369 e. The van der Waals surface area contributed by atoms with Crippen molar-refractivity contribution in [2.24, 2.45) is 17.1 Å². The van der Waals surface area contributed by atoms with Crippen LogP contribution in [0.5, 0.6) is 0 Å². The fourth-order valence-electron chi connectivity index (χ4n) is 1.74. The van der Waals surface area contributed by atoms with E-state index in [2.05, 4.69) is 5.32 Å². The Hall–Kier alpha value is -0.280. The van der Waals surface area contributed by atoms with Crippen LogP contribution in [-0.2, 0) is 4.79 Å². The number of halogens is 1. The lowest BCUT2D eigenvalue weighted by Gasteiger charge is -2.34. The molecule has 4 heteroatoms. The maximum atomic E-state index is 11.1. The molecule has 1 rings (SSSR count). The van der Waals surface area contributed by atoms with E-state index in [4.69, 9.17) is 5.73 Å². The van der Waals surface area contributed by atoms with E-state index in [1.807, 2.05) is 13.8 Å². The molecule has 0 radical (unpaired) electrons. The summed E-state index contributed by atoms with van der Waals surface area (Å²) in [5.74, 6) is 0.283. The molecule has 0 aromatic heterocycles. The van der Waals surface area contributed by atoms with Crippen molar-refractivity contribution in [2.45, 2.75) is 26.7 Å². The van der Waals surface area contributed by atoms with Crippen molar-refractivity contribution >= 4 is 18.3 Å². The monoisotopic (exact) mass is 206 g/mol. The lowest BCUT2D eigenvalue weighted by molar-refractivity contribution is -0.129. The Labute approximate surface area is 85.9 Å². The van der Waals surface area contributed by atoms with E-state index < -0.39 is 0 Å². The van der Waals surface area contributed by atoms with Gasteiger partial charge in [-0.25, -0.2) is 0 Å². The molecule has 0 aromatic rings. The van der Waals surface area contributed by atoms with Gasteiger partial charge >= 0.3 is 0 Å². The van der Waals surface area contributed by atoms with Crippen molar-refractivity contribution in [3.63, 3.8) is 0 Å². The van der Waals surface area contributed by atoms with Crippen LogP contribution in [-0.4, -0.2) is 19.0 Å². The third-order valence-corrected chi connectivity index (χ3v) is 2.99. The molecule has 0 aliphatic carbocycles. The average Bonchev–Trinajstić information content (AvgIpc) is 2.06. The van der Waals surface area contributed by atoms with Crippen LogP contribution >= 0.6 is 12.4 Å². The summed E-state index contributed by atoms with van der Waals surface area (Å²) >= 11 is 0. The van der Waals surface area contributed by atoms with Gasteiger partial charge in [0.2, 0.25) is 5.91 Å². The Morgan fingerprint density at radius 2 is 1.85 bits per heavy atom. The summed E-state index contributed by atoms with van der Waals surface area (Å²) in [7, 11) is 0. The minimum atomic E-state index is -0.331. The number of nitrogens with one attached hydrogen (secondary N) is 1. The Balaban J connectivity index is 0.00000144. The average molecular weight is 207 g/mol. The number of hydrogen-bond acceptors (Lipinski definition) is 2. The first kappa shape index (κ1) is 12.7. The second kappa shape index (κ2) is 4.82. The van der Waals surface area contributed by atoms with E-state index in [9.17, 15) is 4.79 Å². The normalized spacial score (nSPS) is 19.2. The van der Waals surface area contributed by atoms with Crippen LogP contribution in [0.2, 0.25) is 0 Å². The van der Waals surface area contributed by atoms with Gasteiger partial charge in [0, 0.05) is 5.41 Å². The highest BCUT2D eigenvalue weighted by atomic mass is 35.5. The van der Waals surface area contributed by atoms with E-state index in [0.29, 0.717) is 5.92 Å². The number of carbonyl (C=O) groups is 1. The van der Waals surface area contributed by atoms with Gasteiger partial charge in [0.25, 0.3) is 0 Å². The zero-order chi connectivity index (χ0) is 9.19. The van der Waals surface area contributed by atoms with E-state index in [-0.39, 0.29) is 23.7 Å². The van der Waals surface area contributed by atoms with Crippen LogP contribution in [0.1, 0.15) is 26.7 Å². The Morgan fingerprint density at radius 1 is 1.38 bits per heavy atom. The van der Waals surface area contributed by atoms with E-state index in [0.717, 1.165) is 25.9 Å². The molecule has 0 bridgehead atoms. The lowest BCUT2D eigenvalue weighted by atomic mass is 9.73. The van der Waals surface area contributed by atoms with E-state index in [1.54, 1.807) is 0 Å². The molecule has 13 heavy (non-hydrogen) atoms. The van der Waals surface area contributed by atoms with Gasteiger partial charge in [-0.05, 0) is 31.8 Å². The summed E-state index contributed by atoms with van der Waals surface area (Å²) < 4.78 is 0. The highest BCUT2D eigenvalue weighted by molar-refractivity contribution is 5.85. The van der Waals surface area contributed by atoms with Gasteiger partial charge in [-0.1, -0.05) is 13.8 Å².